The van der Waals surface area contributed by atoms with Gasteiger partial charge in [-0.25, -0.2) is 9.48 Å². The number of hydrogen-bond donors (Lipinski definition) is 2. The Hall–Kier alpha value is -3.90. The summed E-state index contributed by atoms with van der Waals surface area (Å²) in [6.45, 7) is 0.873. The van der Waals surface area contributed by atoms with E-state index in [1.807, 2.05) is 18.2 Å². The van der Waals surface area contributed by atoms with Crippen LogP contribution in [0, 0.1) is 0 Å². The highest BCUT2D eigenvalue weighted by Crippen LogP contribution is 2.38. The minimum Gasteiger partial charge on any atom is -0.497 e. The van der Waals surface area contributed by atoms with Crippen molar-refractivity contribution in [2.24, 2.45) is 0 Å². The number of nitrogens with zero attached hydrogens (tertiary/aromatic N) is 4. The first kappa shape index (κ1) is 20.7. The summed E-state index contributed by atoms with van der Waals surface area (Å²) >= 11 is 0. The van der Waals surface area contributed by atoms with Gasteiger partial charge < -0.3 is 34.3 Å². The number of benzene rings is 2. The van der Waals surface area contributed by atoms with Crippen molar-refractivity contribution < 1.29 is 28.5 Å². The fourth-order valence-electron chi connectivity index (χ4n) is 4.47. The Labute approximate surface area is 194 Å². The van der Waals surface area contributed by atoms with Crippen LogP contribution in [0.2, 0.25) is 0 Å². The number of amides is 2. The number of ether oxygens (including phenoxy) is 5. The van der Waals surface area contributed by atoms with Gasteiger partial charge in [-0.1, -0.05) is 0 Å². The lowest BCUT2D eigenvalue weighted by Crippen LogP contribution is -2.45. The molecule has 2 aromatic carbocycles. The molecule has 12 heteroatoms. The molecule has 0 unspecified atom stereocenters. The van der Waals surface area contributed by atoms with E-state index >= 15 is 0 Å². The van der Waals surface area contributed by atoms with Gasteiger partial charge in [-0.05, 0) is 52.9 Å². The second-order valence-corrected chi connectivity index (χ2v) is 8.11. The summed E-state index contributed by atoms with van der Waals surface area (Å²) in [6, 6.07) is 11.8. The van der Waals surface area contributed by atoms with E-state index in [1.54, 1.807) is 36.1 Å². The molecule has 2 amide bonds. The highest BCUT2D eigenvalue weighted by Gasteiger charge is 2.50. The van der Waals surface area contributed by atoms with Gasteiger partial charge in [0.1, 0.15) is 24.0 Å². The monoisotopic (exact) mass is 466 g/mol. The number of nitrogens with one attached hydrogen (secondary N) is 2. The Morgan fingerprint density at radius 2 is 1.88 bits per heavy atom. The van der Waals surface area contributed by atoms with E-state index in [1.165, 1.54) is 0 Å². The highest BCUT2D eigenvalue weighted by atomic mass is 16.7. The summed E-state index contributed by atoms with van der Waals surface area (Å²) in [7, 11) is 1.59. The van der Waals surface area contributed by atoms with Gasteiger partial charge in [0.25, 0.3) is 0 Å². The second-order valence-electron chi connectivity index (χ2n) is 8.11. The Morgan fingerprint density at radius 3 is 2.74 bits per heavy atom. The molecule has 0 spiro atoms. The van der Waals surface area contributed by atoms with E-state index in [4.69, 9.17) is 23.7 Å². The minimum absolute atomic E-state index is 0.193. The number of rotatable bonds is 5. The van der Waals surface area contributed by atoms with Crippen LogP contribution in [-0.4, -0.2) is 71.6 Å². The first-order chi connectivity index (χ1) is 16.7. The lowest BCUT2D eigenvalue weighted by atomic mass is 10.1. The zero-order chi connectivity index (χ0) is 23.1. The average Bonchev–Trinajstić information content (AvgIpc) is 3.64. The maximum absolute atomic E-state index is 12.5. The van der Waals surface area contributed by atoms with Crippen molar-refractivity contribution >= 4 is 11.7 Å². The molecular weight excluding hydrogens is 444 g/mol. The van der Waals surface area contributed by atoms with Gasteiger partial charge in [0.15, 0.2) is 17.3 Å². The van der Waals surface area contributed by atoms with Gasteiger partial charge in [0.2, 0.25) is 6.79 Å². The summed E-state index contributed by atoms with van der Waals surface area (Å²) in [6.07, 6.45) is -0.622. The third-order valence-corrected chi connectivity index (χ3v) is 6.13. The van der Waals surface area contributed by atoms with Crippen molar-refractivity contribution in [2.45, 2.75) is 24.3 Å². The average molecular weight is 466 g/mol. The number of fused-ring (bicyclic) bond motifs is 2. The fourth-order valence-corrected chi connectivity index (χ4v) is 4.47. The molecule has 2 fully saturated rings. The van der Waals surface area contributed by atoms with Gasteiger partial charge in [-0.2, -0.15) is 0 Å². The maximum Gasteiger partial charge on any atom is 0.319 e. The van der Waals surface area contributed by atoms with Gasteiger partial charge in [-0.15, -0.1) is 5.10 Å². The first-order valence-electron chi connectivity index (χ1n) is 10.8. The quantitative estimate of drug-likeness (QED) is 0.576. The molecule has 2 saturated heterocycles. The van der Waals surface area contributed by atoms with Crippen LogP contribution in [0.25, 0.3) is 11.4 Å². The molecule has 12 nitrogen and oxygen atoms in total. The lowest BCUT2D eigenvalue weighted by molar-refractivity contribution is 0.0624. The summed E-state index contributed by atoms with van der Waals surface area (Å²) in [4.78, 5) is 12.5. The number of anilines is 1. The third kappa shape index (κ3) is 3.66. The molecule has 0 radical (unpaired) electrons. The van der Waals surface area contributed by atoms with E-state index < -0.39 is 0 Å². The molecule has 3 aliphatic heterocycles. The zero-order valence-corrected chi connectivity index (χ0v) is 18.2. The summed E-state index contributed by atoms with van der Waals surface area (Å²) in [5.74, 6) is 2.63. The summed E-state index contributed by atoms with van der Waals surface area (Å²) in [5, 5.41) is 18.0. The predicted octanol–water partition coefficient (Wildman–Crippen LogP) is 1.61. The molecule has 4 atom stereocenters. The van der Waals surface area contributed by atoms with E-state index in [9.17, 15) is 4.79 Å². The highest BCUT2D eigenvalue weighted by molar-refractivity contribution is 5.89. The molecule has 6 rings (SSSR count). The van der Waals surface area contributed by atoms with Gasteiger partial charge >= 0.3 is 6.03 Å². The van der Waals surface area contributed by atoms with Gasteiger partial charge in [-0.3, -0.25) is 0 Å². The number of aromatic nitrogens is 4. The molecule has 0 bridgehead atoms. The van der Waals surface area contributed by atoms with Gasteiger partial charge in [0.05, 0.1) is 26.4 Å². The van der Waals surface area contributed by atoms with Crippen LogP contribution in [0.5, 0.6) is 17.2 Å². The number of carbonyl (C=O) groups is 1. The van der Waals surface area contributed by atoms with E-state index in [0.29, 0.717) is 42.0 Å². The third-order valence-electron chi connectivity index (χ3n) is 6.13. The van der Waals surface area contributed by atoms with Crippen LogP contribution in [0.4, 0.5) is 10.5 Å². The number of hydrogen-bond acceptors (Lipinski definition) is 9. The maximum atomic E-state index is 12.5. The molecule has 1 aromatic heterocycles. The smallest absolute Gasteiger partial charge is 0.319 e. The molecule has 0 aliphatic carbocycles. The predicted molar refractivity (Wildman–Crippen MR) is 117 cm³/mol. The van der Waals surface area contributed by atoms with Crippen LogP contribution < -0.4 is 24.8 Å². The molecule has 0 saturated carbocycles. The normalized spacial score (nSPS) is 24.6. The molecular formula is C22H22N6O6. The van der Waals surface area contributed by atoms with Crippen LogP contribution in [0.3, 0.4) is 0 Å². The van der Waals surface area contributed by atoms with Crippen molar-refractivity contribution in [2.75, 3.05) is 32.4 Å². The van der Waals surface area contributed by atoms with Crippen molar-refractivity contribution in [1.82, 2.24) is 25.5 Å². The Balaban J connectivity index is 1.13. The molecule has 4 heterocycles. The Kier molecular flexibility index (Phi) is 5.15. The molecule has 3 aliphatic rings. The number of carbonyl (C=O) groups excluding carboxylic acids is 1. The molecule has 34 heavy (non-hydrogen) atoms. The topological polar surface area (TPSA) is 131 Å². The summed E-state index contributed by atoms with van der Waals surface area (Å²) in [5.41, 5.74) is 1.45. The van der Waals surface area contributed by atoms with Crippen molar-refractivity contribution in [1.29, 1.82) is 0 Å². The van der Waals surface area contributed by atoms with Crippen molar-refractivity contribution in [3.63, 3.8) is 0 Å². The van der Waals surface area contributed by atoms with E-state index in [-0.39, 0.29) is 37.1 Å². The second kappa shape index (κ2) is 8.47. The van der Waals surface area contributed by atoms with Crippen LogP contribution in [-0.2, 0) is 9.47 Å². The fraction of sp³-hybridized carbons (Fsp3) is 0.364. The minimum atomic E-state index is -0.338. The summed E-state index contributed by atoms with van der Waals surface area (Å²) < 4.78 is 29.8. The molecule has 176 valence electrons. The first-order valence-corrected chi connectivity index (χ1v) is 10.8. The number of tetrazole rings is 1. The van der Waals surface area contributed by atoms with Crippen molar-refractivity contribution in [3.05, 3.63) is 42.5 Å². The number of urea groups is 1. The molecule has 2 N–H and O–H groups in total. The van der Waals surface area contributed by atoms with Crippen molar-refractivity contribution in [3.8, 4) is 28.6 Å². The van der Waals surface area contributed by atoms with E-state index in [2.05, 4.69) is 26.2 Å². The largest absolute Gasteiger partial charge is 0.497 e. The number of methoxy groups -OCH3 is 1. The van der Waals surface area contributed by atoms with Gasteiger partial charge in [0, 0.05) is 11.3 Å². The Bertz CT molecular complexity index is 1200. The lowest BCUT2D eigenvalue weighted by Gasteiger charge is -2.18. The Morgan fingerprint density at radius 1 is 1.06 bits per heavy atom. The van der Waals surface area contributed by atoms with Crippen LogP contribution in [0.1, 0.15) is 6.04 Å². The van der Waals surface area contributed by atoms with Crippen LogP contribution >= 0.6 is 0 Å². The standard InChI is InChI=1S/C22H22N6O6/c1-30-14-5-3-13(4-6-14)23-22(29)24-15-9-31-20-16(10-32-19(15)20)28-21(25-26-27-28)12-2-7-17-18(8-12)34-11-33-17/h2-8,15-16,19-20H,9-11H2,1H3,(H2,23,24,29)/t15-,16+,19-,20+/m1/s1. The van der Waals surface area contributed by atoms with E-state index in [0.717, 1.165) is 5.56 Å². The van der Waals surface area contributed by atoms with Crippen LogP contribution in [0.15, 0.2) is 42.5 Å². The molecule has 3 aromatic rings. The zero-order valence-electron chi connectivity index (χ0n) is 18.2. The SMILES string of the molecule is COc1ccc(NC(=O)N[C@@H]2CO[C@@H]3[C@@H]2OC[C@@H]3n2nnnc2-c2ccc3c(c2)OCO3)cc1.